The third kappa shape index (κ3) is 10.2. The van der Waals surface area contributed by atoms with Gasteiger partial charge in [0.25, 0.3) is 22.2 Å². The van der Waals surface area contributed by atoms with Gasteiger partial charge < -0.3 is 15.2 Å². The number of rotatable bonds is 9. The van der Waals surface area contributed by atoms with E-state index in [2.05, 4.69) is 35.6 Å². The van der Waals surface area contributed by atoms with E-state index in [1.165, 1.54) is 36.4 Å². The maximum absolute atomic E-state index is 12.1. The molecule has 0 saturated heterocycles. The number of ether oxygens (including phenoxy) is 2. The van der Waals surface area contributed by atoms with Gasteiger partial charge in [0.15, 0.2) is 11.5 Å². The Morgan fingerprint density at radius 1 is 0.661 bits per heavy atom. The highest BCUT2D eigenvalue weighted by Crippen LogP contribution is 2.39. The van der Waals surface area contributed by atoms with Crippen LogP contribution >= 0.6 is 46.4 Å². The van der Waals surface area contributed by atoms with Gasteiger partial charge in [-0.1, -0.05) is 81.5 Å². The molecule has 0 aliphatic heterocycles. The summed E-state index contributed by atoms with van der Waals surface area (Å²) in [4.78, 5) is 74.9. The van der Waals surface area contributed by atoms with Crippen LogP contribution in [0.1, 0.15) is 69.5 Å². The molecule has 59 heavy (non-hydrogen) atoms. The Morgan fingerprint density at radius 2 is 1.05 bits per heavy atom. The molecule has 0 aliphatic carbocycles. The largest absolute Gasteiger partial charge is 0.434 e. The van der Waals surface area contributed by atoms with Gasteiger partial charge in [0.2, 0.25) is 17.5 Å². The number of benzene rings is 2. The number of hydrogen-bond donors (Lipinski definition) is 5. The van der Waals surface area contributed by atoms with E-state index in [-0.39, 0.29) is 97.3 Å². The molecule has 0 spiro atoms. The van der Waals surface area contributed by atoms with Crippen LogP contribution in [0.25, 0.3) is 11.4 Å². The minimum absolute atomic E-state index is 0. The van der Waals surface area contributed by atoms with Gasteiger partial charge in [-0.2, -0.15) is 19.7 Å². The molecule has 0 unspecified atom stereocenters. The molecule has 20 nitrogen and oxygen atoms in total. The Morgan fingerprint density at radius 3 is 1.42 bits per heavy atom. The predicted octanol–water partition coefficient (Wildman–Crippen LogP) is 4.42. The van der Waals surface area contributed by atoms with Crippen LogP contribution in [0, 0.1) is 11.3 Å². The molecule has 0 amide bonds. The highest BCUT2D eigenvalue weighted by atomic mass is 35.5. The van der Waals surface area contributed by atoms with Crippen LogP contribution in [-0.4, -0.2) is 49.9 Å². The molecule has 0 bridgehead atoms. The Kier molecular flexibility index (Phi) is 14.5. The molecule has 24 heteroatoms. The van der Waals surface area contributed by atoms with Gasteiger partial charge in [-0.05, 0) is 36.1 Å². The van der Waals surface area contributed by atoms with Crippen LogP contribution in [0.15, 0.2) is 65.2 Å². The molecule has 0 radical (unpaired) electrons. The molecule has 308 valence electrons. The van der Waals surface area contributed by atoms with Crippen molar-refractivity contribution >= 4 is 46.4 Å². The van der Waals surface area contributed by atoms with Crippen LogP contribution in [-0.2, 0) is 6.54 Å². The van der Waals surface area contributed by atoms with E-state index in [0.29, 0.717) is 11.1 Å². The summed E-state index contributed by atoms with van der Waals surface area (Å²) in [7, 11) is 0. The van der Waals surface area contributed by atoms with Crippen molar-refractivity contribution in [3.8, 4) is 40.7 Å². The number of hydrogen-bond acceptors (Lipinski definition) is 14. The second kappa shape index (κ2) is 18.9. The highest BCUT2D eigenvalue weighted by Gasteiger charge is 2.19. The third-order valence-corrected chi connectivity index (χ3v) is 8.88. The van der Waals surface area contributed by atoms with Crippen molar-refractivity contribution in [3.63, 3.8) is 0 Å². The van der Waals surface area contributed by atoms with Crippen LogP contribution < -0.4 is 48.8 Å². The molecule has 0 aliphatic rings. The van der Waals surface area contributed by atoms with Crippen molar-refractivity contribution < 1.29 is 9.47 Å². The van der Waals surface area contributed by atoms with E-state index < -0.39 is 28.2 Å². The maximum Gasteiger partial charge on any atom is 0.349 e. The zero-order valence-corrected chi connectivity index (χ0v) is 33.3. The van der Waals surface area contributed by atoms with E-state index in [0.717, 1.165) is 9.36 Å². The molecule has 0 saturated carbocycles. The SMILES string of the molecule is C.CC(C)c1cc(Oc2c(Cl)cc(-n3nc(C#N)c(=O)[nH]c3=O)cc2Cl)n[nH]c1=O.CC(C)c1cc(Oc2c(Cl)cc(-n3nc(CN)c(=O)[nH]c3=O)cc2Cl)n[nH]c1=O. The summed E-state index contributed by atoms with van der Waals surface area (Å²) in [5.74, 6) is 0.148. The number of nitrogens with one attached hydrogen (secondary N) is 4. The fourth-order valence-corrected chi connectivity index (χ4v) is 6.00. The van der Waals surface area contributed by atoms with Crippen LogP contribution in [0.3, 0.4) is 0 Å². The minimum Gasteiger partial charge on any atom is -0.434 e. The van der Waals surface area contributed by atoms with Crippen molar-refractivity contribution in [1.29, 1.82) is 5.26 Å². The molecule has 4 aromatic heterocycles. The van der Waals surface area contributed by atoms with Crippen LogP contribution in [0.5, 0.6) is 23.3 Å². The highest BCUT2D eigenvalue weighted by molar-refractivity contribution is 6.38. The van der Waals surface area contributed by atoms with Gasteiger partial charge >= 0.3 is 11.4 Å². The van der Waals surface area contributed by atoms with Gasteiger partial charge in [0, 0.05) is 29.8 Å². The summed E-state index contributed by atoms with van der Waals surface area (Å²) in [6, 6.07) is 9.93. The molecule has 2 aromatic carbocycles. The van der Waals surface area contributed by atoms with Gasteiger partial charge in [-0.15, -0.1) is 15.3 Å². The van der Waals surface area contributed by atoms with E-state index in [9.17, 15) is 28.8 Å². The van der Waals surface area contributed by atoms with Crippen LogP contribution in [0.4, 0.5) is 0 Å². The zero-order chi connectivity index (χ0) is 42.6. The number of aromatic nitrogens is 10. The monoisotopic (exact) mass is 888 g/mol. The summed E-state index contributed by atoms with van der Waals surface area (Å²) < 4.78 is 12.9. The Labute approximate surface area is 351 Å². The van der Waals surface area contributed by atoms with Crippen LogP contribution in [0.2, 0.25) is 20.1 Å². The number of nitrogens with zero attached hydrogens (tertiary/aromatic N) is 7. The van der Waals surface area contributed by atoms with E-state index in [1.54, 1.807) is 6.07 Å². The second-order valence-corrected chi connectivity index (χ2v) is 14.1. The van der Waals surface area contributed by atoms with Crippen molar-refractivity contribution in [1.82, 2.24) is 49.9 Å². The molecule has 6 rings (SSSR count). The van der Waals surface area contributed by atoms with Crippen molar-refractivity contribution in [2.45, 2.75) is 53.5 Å². The van der Waals surface area contributed by atoms with Gasteiger partial charge in [-0.25, -0.2) is 19.8 Å². The molecule has 0 atom stereocenters. The van der Waals surface area contributed by atoms with Crippen molar-refractivity contribution in [2.24, 2.45) is 5.73 Å². The van der Waals surface area contributed by atoms with Crippen molar-refractivity contribution in [2.75, 3.05) is 0 Å². The predicted molar refractivity (Wildman–Crippen MR) is 218 cm³/mol. The molecule has 4 heterocycles. The topological polar surface area (TPSA) is 295 Å². The summed E-state index contributed by atoms with van der Waals surface area (Å²) in [5.41, 5.74) is 2.28. The number of H-pyrrole nitrogens is 4. The fourth-order valence-electron chi connectivity index (χ4n) is 4.90. The van der Waals surface area contributed by atoms with E-state index in [1.807, 2.05) is 32.7 Å². The maximum atomic E-state index is 12.1. The lowest BCUT2D eigenvalue weighted by molar-refractivity contribution is 0.452. The molecule has 0 fully saturated rings. The lowest BCUT2D eigenvalue weighted by atomic mass is 10.1. The standard InChI is InChI=1S/C17H16Cl2N6O4.C17H12Cl2N6O4.CH4/c2*1-7(2)9-5-13(22-23-15(9)26)29-14-10(18)3-8(4-11(14)19)25-17(28)21-16(27)12(6-20)24-25;/h3-5,7H,6,20H2,1-2H3,(H,23,26)(H,21,27,28);3-5,7H,1-2H3,(H,23,26)(H,21,27,28);1H4. The van der Waals surface area contributed by atoms with E-state index >= 15 is 0 Å². The minimum atomic E-state index is -0.906. The smallest absolute Gasteiger partial charge is 0.349 e. The Bertz CT molecular complexity index is 2920. The first kappa shape index (κ1) is 45.3. The Balaban J connectivity index is 0.000000256. The Hall–Kier alpha value is -6.37. The average Bonchev–Trinajstić information content (AvgIpc) is 3.16. The quantitative estimate of drug-likeness (QED) is 0.134. The third-order valence-electron chi connectivity index (χ3n) is 7.75. The lowest BCUT2D eigenvalue weighted by Crippen LogP contribution is -2.34. The average molecular weight is 891 g/mol. The summed E-state index contributed by atoms with van der Waals surface area (Å²) >= 11 is 25.0. The number of halogens is 4. The normalized spacial score (nSPS) is 10.7. The number of nitrogens with two attached hydrogens (primary N) is 1. The van der Waals surface area contributed by atoms with Gasteiger partial charge in [0.05, 0.1) is 31.5 Å². The van der Waals surface area contributed by atoms with Crippen molar-refractivity contribution in [3.05, 3.63) is 141 Å². The molecular formula is C35H32Cl4N12O8. The lowest BCUT2D eigenvalue weighted by Gasteiger charge is -2.12. The first-order valence-electron chi connectivity index (χ1n) is 16.5. The summed E-state index contributed by atoms with van der Waals surface area (Å²) in [5, 5.41) is 29.0. The zero-order valence-electron chi connectivity index (χ0n) is 30.3. The summed E-state index contributed by atoms with van der Waals surface area (Å²) in [6.45, 7) is 7.23. The first-order valence-corrected chi connectivity index (χ1v) is 18.0. The second-order valence-electron chi connectivity index (χ2n) is 12.4. The molecular weight excluding hydrogens is 858 g/mol. The van der Waals surface area contributed by atoms with Gasteiger partial charge in [0.1, 0.15) is 11.8 Å². The van der Waals surface area contributed by atoms with E-state index in [4.69, 9.17) is 66.9 Å². The number of aromatic amines is 4. The molecule has 6 N–H and O–H groups in total. The summed E-state index contributed by atoms with van der Waals surface area (Å²) in [6.07, 6.45) is 0. The first-order chi connectivity index (χ1) is 27.4. The molecule has 6 aromatic rings. The number of nitriles is 1. The fraction of sp³-hybridized carbons (Fsp3) is 0.229. The van der Waals surface area contributed by atoms with Gasteiger partial charge in [-0.3, -0.25) is 29.1 Å².